The van der Waals surface area contributed by atoms with E-state index in [2.05, 4.69) is 32.5 Å². The van der Waals surface area contributed by atoms with Crippen LogP contribution >= 0.6 is 0 Å². The smallest absolute Gasteiger partial charge is 0.429 e. The average Bonchev–Trinajstić information content (AvgIpc) is 3.53. The number of benzene rings is 2. The van der Waals surface area contributed by atoms with Crippen LogP contribution in [0.15, 0.2) is 89.9 Å². The van der Waals surface area contributed by atoms with E-state index in [-0.39, 0.29) is 17.9 Å². The van der Waals surface area contributed by atoms with Gasteiger partial charge < -0.3 is 14.0 Å². The highest BCUT2D eigenvalue weighted by Gasteiger charge is 2.14. The number of aromatic amines is 1. The highest BCUT2D eigenvalue weighted by Crippen LogP contribution is 2.28. The molecule has 0 saturated heterocycles. The lowest BCUT2D eigenvalue weighted by Gasteiger charge is -2.15. The maximum Gasteiger partial charge on any atom is 0.514 e. The van der Waals surface area contributed by atoms with E-state index in [4.69, 9.17) is 9.47 Å². The number of rotatable bonds is 10. The van der Waals surface area contributed by atoms with Crippen LogP contribution in [0.4, 0.5) is 4.79 Å². The monoisotopic (exact) mass is 536 g/mol. The van der Waals surface area contributed by atoms with Gasteiger partial charge in [0.1, 0.15) is 12.4 Å². The Bertz CT molecular complexity index is 1620. The summed E-state index contributed by atoms with van der Waals surface area (Å²) in [4.78, 5) is 30.1. The molecule has 40 heavy (non-hydrogen) atoms. The first-order valence-electron chi connectivity index (χ1n) is 13.0. The number of carbonyl (C=O) groups excluding carboxylic acids is 1. The summed E-state index contributed by atoms with van der Waals surface area (Å²) in [6.45, 7) is 2.50. The van der Waals surface area contributed by atoms with Crippen LogP contribution in [0.25, 0.3) is 22.6 Å². The normalized spacial score (nSPS) is 10.8. The first-order chi connectivity index (χ1) is 19.6. The molecule has 5 rings (SSSR count). The van der Waals surface area contributed by atoms with Crippen molar-refractivity contribution in [1.29, 1.82) is 0 Å². The molecule has 0 aliphatic carbocycles. The van der Waals surface area contributed by atoms with Gasteiger partial charge in [-0.1, -0.05) is 74.0 Å². The number of H-pyrrole nitrogens is 1. The minimum atomic E-state index is -0.858. The van der Waals surface area contributed by atoms with Crippen LogP contribution in [0.2, 0.25) is 0 Å². The van der Waals surface area contributed by atoms with Gasteiger partial charge >= 0.3 is 6.16 Å². The molecule has 10 heteroatoms. The molecule has 10 nitrogen and oxygen atoms in total. The molecule has 0 atom stereocenters. The van der Waals surface area contributed by atoms with Gasteiger partial charge in [-0.15, -0.1) is 10.2 Å². The summed E-state index contributed by atoms with van der Waals surface area (Å²) in [6.07, 6.45) is 3.39. The molecule has 0 fully saturated rings. The maximum absolute atomic E-state index is 13.1. The Labute approximate surface area is 230 Å². The van der Waals surface area contributed by atoms with E-state index in [0.717, 1.165) is 46.5 Å². The molecule has 5 aromatic rings. The van der Waals surface area contributed by atoms with Gasteiger partial charge in [0.05, 0.1) is 12.2 Å². The van der Waals surface area contributed by atoms with E-state index < -0.39 is 6.16 Å². The van der Waals surface area contributed by atoms with E-state index in [1.165, 1.54) is 6.07 Å². The molecule has 0 aliphatic heterocycles. The van der Waals surface area contributed by atoms with Gasteiger partial charge in [0.15, 0.2) is 0 Å². The highest BCUT2D eigenvalue weighted by molar-refractivity contribution is 5.78. The number of tetrazole rings is 1. The van der Waals surface area contributed by atoms with Gasteiger partial charge in [0.25, 0.3) is 5.56 Å². The third-order valence-electron chi connectivity index (χ3n) is 6.33. The number of unbranched alkanes of at least 4 members (excludes halogenated alkanes) is 1. The van der Waals surface area contributed by atoms with Gasteiger partial charge in [-0.25, -0.2) is 4.79 Å². The summed E-state index contributed by atoms with van der Waals surface area (Å²) in [5, 5.41) is 14.3. The summed E-state index contributed by atoms with van der Waals surface area (Å²) in [5.41, 5.74) is 4.63. The van der Waals surface area contributed by atoms with Gasteiger partial charge in [-0.3, -0.25) is 9.78 Å². The van der Waals surface area contributed by atoms with E-state index in [1.54, 1.807) is 16.8 Å². The number of nitrogens with zero attached hydrogens (tertiary/aromatic N) is 5. The molecule has 0 radical (unpaired) electrons. The summed E-state index contributed by atoms with van der Waals surface area (Å²) < 4.78 is 12.2. The van der Waals surface area contributed by atoms with Crippen molar-refractivity contribution in [2.24, 2.45) is 0 Å². The van der Waals surface area contributed by atoms with Crippen LogP contribution < -0.4 is 10.3 Å². The van der Waals surface area contributed by atoms with Gasteiger partial charge in [-0.05, 0) is 35.2 Å². The van der Waals surface area contributed by atoms with Crippen LogP contribution in [0.5, 0.6) is 5.75 Å². The van der Waals surface area contributed by atoms with Crippen LogP contribution in [-0.2, 0) is 24.3 Å². The Hall–Kier alpha value is -5.12. The summed E-state index contributed by atoms with van der Waals surface area (Å²) in [5.74, 6) is 0.650. The van der Waals surface area contributed by atoms with Crippen molar-refractivity contribution < 1.29 is 14.3 Å². The predicted octanol–water partition coefficient (Wildman–Crippen LogP) is 5.20. The quantitative estimate of drug-likeness (QED) is 0.242. The molecule has 3 heterocycles. The van der Waals surface area contributed by atoms with Crippen LogP contribution in [0.1, 0.15) is 36.6 Å². The Morgan fingerprint density at radius 2 is 1.75 bits per heavy atom. The topological polar surface area (TPSA) is 125 Å². The zero-order chi connectivity index (χ0) is 27.7. The molecule has 0 amide bonds. The van der Waals surface area contributed by atoms with Gasteiger partial charge in [0, 0.05) is 35.2 Å². The molecular weight excluding hydrogens is 508 g/mol. The van der Waals surface area contributed by atoms with Crippen molar-refractivity contribution in [3.05, 3.63) is 112 Å². The zero-order valence-corrected chi connectivity index (χ0v) is 22.0. The predicted molar refractivity (Wildman–Crippen MR) is 149 cm³/mol. The largest absolute Gasteiger partial charge is 0.514 e. The Morgan fingerprint density at radius 1 is 0.950 bits per heavy atom. The maximum atomic E-state index is 13.1. The van der Waals surface area contributed by atoms with Crippen LogP contribution in [-0.4, -0.2) is 36.3 Å². The molecule has 0 unspecified atom stereocenters. The van der Waals surface area contributed by atoms with Crippen LogP contribution in [0.3, 0.4) is 0 Å². The van der Waals surface area contributed by atoms with Gasteiger partial charge in [0.2, 0.25) is 5.82 Å². The number of carbonyl (C=O) groups is 1. The molecule has 0 saturated carbocycles. The van der Waals surface area contributed by atoms with Crippen molar-refractivity contribution in [2.75, 3.05) is 0 Å². The fourth-order valence-corrected chi connectivity index (χ4v) is 4.31. The number of pyridine rings is 2. The molecule has 2 aromatic carbocycles. The third-order valence-corrected chi connectivity index (χ3v) is 6.33. The summed E-state index contributed by atoms with van der Waals surface area (Å²) in [6, 6.07) is 23.9. The molecule has 0 spiro atoms. The minimum absolute atomic E-state index is 0.0853. The second-order valence-electron chi connectivity index (χ2n) is 9.17. The first-order valence-corrected chi connectivity index (χ1v) is 13.0. The van der Waals surface area contributed by atoms with E-state index in [1.807, 2.05) is 66.7 Å². The summed E-state index contributed by atoms with van der Waals surface area (Å²) >= 11 is 0. The molecule has 0 bridgehead atoms. The number of hydrogen-bond donors (Lipinski definition) is 1. The number of aromatic nitrogens is 6. The second kappa shape index (κ2) is 12.6. The minimum Gasteiger partial charge on any atom is -0.429 e. The highest BCUT2D eigenvalue weighted by atomic mass is 16.7. The Balaban J connectivity index is 1.33. The summed E-state index contributed by atoms with van der Waals surface area (Å²) in [7, 11) is 0. The standard InChI is InChI=1S/C30H28N6O4/c1-2-3-11-23-16-24(40-30(38)39-20-21-9-5-4-6-10-21)17-28(37)36(23)19-22-14-15-27(31-18-22)25-12-7-8-13-26(25)29-32-34-35-33-29/h4-10,12-18H,2-3,11,19-20H2,1H3,(H,32,33,34,35). The van der Waals surface area contributed by atoms with Crippen molar-refractivity contribution in [1.82, 2.24) is 30.2 Å². The van der Waals surface area contributed by atoms with Crippen LogP contribution in [0, 0.1) is 0 Å². The Morgan fingerprint density at radius 3 is 2.48 bits per heavy atom. The SMILES string of the molecule is CCCCc1cc(OC(=O)OCc2ccccc2)cc(=O)n1Cc1ccc(-c2ccccc2-c2nn[nH]n2)nc1. The molecule has 1 N–H and O–H groups in total. The third kappa shape index (κ3) is 6.47. The lowest BCUT2D eigenvalue weighted by atomic mass is 10.0. The van der Waals surface area contributed by atoms with E-state index >= 15 is 0 Å². The van der Waals surface area contributed by atoms with Crippen molar-refractivity contribution in [2.45, 2.75) is 39.3 Å². The fraction of sp³-hybridized carbons (Fsp3) is 0.200. The average molecular weight is 537 g/mol. The lowest BCUT2D eigenvalue weighted by molar-refractivity contribution is 0.0926. The molecule has 3 aromatic heterocycles. The molecule has 0 aliphatic rings. The zero-order valence-electron chi connectivity index (χ0n) is 22.0. The first kappa shape index (κ1) is 26.5. The van der Waals surface area contributed by atoms with Crippen molar-refractivity contribution in [3.8, 4) is 28.4 Å². The number of ether oxygens (including phenoxy) is 2. The lowest BCUT2D eigenvalue weighted by Crippen LogP contribution is -2.24. The number of aryl methyl sites for hydroxylation is 1. The van der Waals surface area contributed by atoms with Gasteiger partial charge in [-0.2, -0.15) is 5.21 Å². The number of nitrogens with one attached hydrogen (secondary N) is 1. The Kier molecular flexibility index (Phi) is 8.35. The van der Waals surface area contributed by atoms with E-state index in [9.17, 15) is 9.59 Å². The van der Waals surface area contributed by atoms with E-state index in [0.29, 0.717) is 18.8 Å². The van der Waals surface area contributed by atoms with Crippen molar-refractivity contribution >= 4 is 6.16 Å². The number of hydrogen-bond acceptors (Lipinski definition) is 8. The molecular formula is C30H28N6O4. The second-order valence-corrected chi connectivity index (χ2v) is 9.17. The fourth-order valence-electron chi connectivity index (χ4n) is 4.31. The molecule has 202 valence electrons. The van der Waals surface area contributed by atoms with Crippen molar-refractivity contribution in [3.63, 3.8) is 0 Å².